The van der Waals surface area contributed by atoms with Gasteiger partial charge in [0.05, 0.1) is 25.4 Å². The molecule has 2 atom stereocenters. The molecule has 0 saturated heterocycles. The summed E-state index contributed by atoms with van der Waals surface area (Å²) in [6.07, 6.45) is 54.6. The molecule has 0 aliphatic rings. The van der Waals surface area contributed by atoms with Crippen LogP contribution in [0.5, 0.6) is 0 Å². The van der Waals surface area contributed by atoms with Crippen LogP contribution in [0, 0.1) is 0 Å². The van der Waals surface area contributed by atoms with Gasteiger partial charge in [0.15, 0.2) is 0 Å². The fourth-order valence-electron chi connectivity index (χ4n) is 8.05. The van der Waals surface area contributed by atoms with Gasteiger partial charge < -0.3 is 20.3 Å². The standard InChI is InChI=1S/C52H101NO5/c1-3-5-7-9-11-13-15-17-19-20-22-24-26-30-34-38-42-46-52(57)58-47-43-39-35-31-27-29-33-37-41-45-51(56)53-49(48-54)50(55)44-40-36-32-28-25-23-21-18-16-14-12-10-8-6-4-2/h17,19,49-50,54-55H,3-16,18,20-48H2,1-2H3,(H,53,56)/b19-17-. The van der Waals surface area contributed by atoms with Gasteiger partial charge in [-0.3, -0.25) is 9.59 Å². The Bertz CT molecular complexity index is 863. The number of carbonyl (C=O) groups is 2. The maximum absolute atomic E-state index is 12.4. The number of hydrogen-bond acceptors (Lipinski definition) is 5. The lowest BCUT2D eigenvalue weighted by Gasteiger charge is -2.22. The molecule has 344 valence electrons. The first kappa shape index (κ1) is 56.6. The van der Waals surface area contributed by atoms with Gasteiger partial charge in [-0.25, -0.2) is 0 Å². The van der Waals surface area contributed by atoms with Crippen LogP contribution in [-0.2, 0) is 14.3 Å². The monoisotopic (exact) mass is 820 g/mol. The van der Waals surface area contributed by atoms with Gasteiger partial charge in [0.1, 0.15) is 0 Å². The van der Waals surface area contributed by atoms with Crippen molar-refractivity contribution in [2.45, 2.75) is 296 Å². The SMILES string of the molecule is CCCCCCCC/C=C\CCCCCCCCCC(=O)OCCCCCCCCCCCC(=O)NC(CO)C(O)CCCCCCCCCCCCCCCCC. The van der Waals surface area contributed by atoms with Crippen molar-refractivity contribution in [1.82, 2.24) is 5.32 Å². The third-order valence-electron chi connectivity index (χ3n) is 12.1. The zero-order chi connectivity index (χ0) is 42.3. The van der Waals surface area contributed by atoms with Gasteiger partial charge >= 0.3 is 5.97 Å². The predicted octanol–water partition coefficient (Wildman–Crippen LogP) is 15.3. The van der Waals surface area contributed by atoms with Crippen LogP contribution in [0.1, 0.15) is 284 Å². The van der Waals surface area contributed by atoms with E-state index in [1.165, 1.54) is 193 Å². The van der Waals surface area contributed by atoms with Crippen molar-refractivity contribution >= 4 is 11.9 Å². The lowest BCUT2D eigenvalue weighted by Crippen LogP contribution is -2.45. The fraction of sp³-hybridized carbons (Fsp3) is 0.923. The molecule has 0 spiro atoms. The lowest BCUT2D eigenvalue weighted by atomic mass is 10.0. The van der Waals surface area contributed by atoms with Crippen molar-refractivity contribution in [2.24, 2.45) is 0 Å². The molecule has 2 unspecified atom stereocenters. The Morgan fingerprint density at radius 2 is 0.810 bits per heavy atom. The number of esters is 1. The second kappa shape index (κ2) is 48.3. The maximum Gasteiger partial charge on any atom is 0.305 e. The Morgan fingerprint density at radius 3 is 1.22 bits per heavy atom. The van der Waals surface area contributed by atoms with Gasteiger partial charge in [-0.1, -0.05) is 231 Å². The molecule has 0 aromatic carbocycles. The molecule has 0 bridgehead atoms. The number of allylic oxidation sites excluding steroid dienone is 2. The number of hydrogen-bond donors (Lipinski definition) is 3. The van der Waals surface area contributed by atoms with E-state index in [1.54, 1.807) is 0 Å². The van der Waals surface area contributed by atoms with E-state index in [-0.39, 0.29) is 18.5 Å². The van der Waals surface area contributed by atoms with E-state index in [4.69, 9.17) is 4.74 Å². The average Bonchev–Trinajstić information content (AvgIpc) is 3.22. The van der Waals surface area contributed by atoms with E-state index in [2.05, 4.69) is 31.3 Å². The number of rotatable bonds is 48. The first-order chi connectivity index (χ1) is 28.5. The summed E-state index contributed by atoms with van der Waals surface area (Å²) in [6, 6.07) is -0.560. The molecule has 6 heteroatoms. The van der Waals surface area contributed by atoms with Crippen LogP contribution in [0.2, 0.25) is 0 Å². The van der Waals surface area contributed by atoms with Gasteiger partial charge in [-0.05, 0) is 51.4 Å². The van der Waals surface area contributed by atoms with Crippen molar-refractivity contribution in [3.8, 4) is 0 Å². The molecule has 0 aliphatic carbocycles. The van der Waals surface area contributed by atoms with Gasteiger partial charge in [0.25, 0.3) is 0 Å². The second-order valence-electron chi connectivity index (χ2n) is 17.9. The summed E-state index contributed by atoms with van der Waals surface area (Å²) in [5.41, 5.74) is 0. The molecule has 0 fully saturated rings. The lowest BCUT2D eigenvalue weighted by molar-refractivity contribution is -0.143. The minimum atomic E-state index is -0.681. The topological polar surface area (TPSA) is 95.9 Å². The highest BCUT2D eigenvalue weighted by molar-refractivity contribution is 5.76. The predicted molar refractivity (Wildman–Crippen MR) is 250 cm³/mol. The zero-order valence-corrected chi connectivity index (χ0v) is 39.0. The highest BCUT2D eigenvalue weighted by Gasteiger charge is 2.20. The molecule has 0 rings (SSSR count). The molecule has 6 nitrogen and oxygen atoms in total. The van der Waals surface area contributed by atoms with E-state index >= 15 is 0 Å². The van der Waals surface area contributed by atoms with Crippen LogP contribution in [0.3, 0.4) is 0 Å². The Morgan fingerprint density at radius 1 is 0.466 bits per heavy atom. The van der Waals surface area contributed by atoms with E-state index < -0.39 is 12.1 Å². The minimum absolute atomic E-state index is 0.0279. The summed E-state index contributed by atoms with van der Waals surface area (Å²) in [5, 5.41) is 23.2. The molecule has 0 aromatic rings. The molecular formula is C52H101NO5. The summed E-state index contributed by atoms with van der Waals surface area (Å²) in [5.74, 6) is -0.0893. The number of nitrogens with one attached hydrogen (secondary N) is 1. The normalized spacial score (nSPS) is 12.7. The number of ether oxygens (including phenoxy) is 1. The quantitative estimate of drug-likeness (QED) is 0.0323. The van der Waals surface area contributed by atoms with Gasteiger partial charge in [-0.2, -0.15) is 0 Å². The Balaban J connectivity index is 3.47. The van der Waals surface area contributed by atoms with Crippen molar-refractivity contribution in [3.63, 3.8) is 0 Å². The average molecular weight is 820 g/mol. The molecule has 0 radical (unpaired) electrons. The van der Waals surface area contributed by atoms with Crippen LogP contribution < -0.4 is 5.32 Å². The van der Waals surface area contributed by atoms with Crippen LogP contribution >= 0.6 is 0 Å². The summed E-state index contributed by atoms with van der Waals surface area (Å²) in [6.45, 7) is 4.89. The van der Waals surface area contributed by atoms with Crippen LogP contribution in [0.15, 0.2) is 12.2 Å². The van der Waals surface area contributed by atoms with Crippen molar-refractivity contribution in [2.75, 3.05) is 13.2 Å². The highest BCUT2D eigenvalue weighted by atomic mass is 16.5. The third kappa shape index (κ3) is 44.2. The van der Waals surface area contributed by atoms with Gasteiger partial charge in [0.2, 0.25) is 5.91 Å². The van der Waals surface area contributed by atoms with Crippen LogP contribution in [-0.4, -0.2) is 47.4 Å². The number of aliphatic hydroxyl groups excluding tert-OH is 2. The Hall–Kier alpha value is -1.40. The number of carbonyl (C=O) groups excluding carboxylic acids is 2. The van der Waals surface area contributed by atoms with Crippen molar-refractivity contribution in [3.05, 3.63) is 12.2 Å². The molecule has 3 N–H and O–H groups in total. The number of amides is 1. The Kier molecular flexibility index (Phi) is 47.1. The number of unbranched alkanes of at least 4 members (excludes halogenated alkanes) is 35. The molecule has 0 heterocycles. The largest absolute Gasteiger partial charge is 0.466 e. The summed E-state index contributed by atoms with van der Waals surface area (Å²) >= 11 is 0. The van der Waals surface area contributed by atoms with E-state index in [1.807, 2.05) is 0 Å². The highest BCUT2D eigenvalue weighted by Crippen LogP contribution is 2.16. The van der Waals surface area contributed by atoms with Crippen LogP contribution in [0.4, 0.5) is 0 Å². The molecule has 1 amide bonds. The molecule has 0 aromatic heterocycles. The molecular weight excluding hydrogens is 719 g/mol. The summed E-state index contributed by atoms with van der Waals surface area (Å²) in [4.78, 5) is 24.5. The van der Waals surface area contributed by atoms with Crippen molar-refractivity contribution < 1.29 is 24.5 Å². The van der Waals surface area contributed by atoms with Gasteiger partial charge in [0, 0.05) is 12.8 Å². The number of aliphatic hydroxyl groups is 2. The molecule has 58 heavy (non-hydrogen) atoms. The summed E-state index contributed by atoms with van der Waals surface area (Å²) in [7, 11) is 0. The summed E-state index contributed by atoms with van der Waals surface area (Å²) < 4.78 is 5.46. The Labute approximate surface area is 361 Å². The first-order valence-corrected chi connectivity index (χ1v) is 25.9. The van der Waals surface area contributed by atoms with Gasteiger partial charge in [-0.15, -0.1) is 0 Å². The van der Waals surface area contributed by atoms with E-state index in [9.17, 15) is 19.8 Å². The third-order valence-corrected chi connectivity index (χ3v) is 12.1. The minimum Gasteiger partial charge on any atom is -0.466 e. The first-order valence-electron chi connectivity index (χ1n) is 25.9. The molecule has 0 aliphatic heterocycles. The zero-order valence-electron chi connectivity index (χ0n) is 39.0. The molecule has 0 saturated carbocycles. The van der Waals surface area contributed by atoms with E-state index in [0.29, 0.717) is 25.9 Å². The van der Waals surface area contributed by atoms with Crippen LogP contribution in [0.25, 0.3) is 0 Å². The second-order valence-corrected chi connectivity index (χ2v) is 17.9. The smallest absolute Gasteiger partial charge is 0.305 e. The maximum atomic E-state index is 12.4. The fourth-order valence-corrected chi connectivity index (χ4v) is 8.05. The van der Waals surface area contributed by atoms with E-state index in [0.717, 1.165) is 57.8 Å². The van der Waals surface area contributed by atoms with Crippen molar-refractivity contribution in [1.29, 1.82) is 0 Å².